The summed E-state index contributed by atoms with van der Waals surface area (Å²) in [7, 11) is 0. The monoisotopic (exact) mass is 373 g/mol. The summed E-state index contributed by atoms with van der Waals surface area (Å²) in [6, 6.07) is 0. The van der Waals surface area contributed by atoms with Gasteiger partial charge in [0.15, 0.2) is 0 Å². The van der Waals surface area contributed by atoms with E-state index in [-0.39, 0.29) is 23.8 Å². The molecule has 22 heavy (non-hydrogen) atoms. The predicted octanol–water partition coefficient (Wildman–Crippen LogP) is 3.25. The number of hydrogen-bond donors (Lipinski definition) is 0. The highest BCUT2D eigenvalue weighted by Crippen LogP contribution is 2.41. The van der Waals surface area contributed by atoms with Gasteiger partial charge in [0.05, 0.1) is 11.9 Å². The number of ether oxygens (including phenoxy) is 1. The van der Waals surface area contributed by atoms with E-state index in [0.29, 0.717) is 5.92 Å². The molecular weight excluding hydrogens is 350 g/mol. The molecule has 3 atom stereocenters. The second kappa shape index (κ2) is 8.65. The van der Waals surface area contributed by atoms with Gasteiger partial charge in [-0.05, 0) is 38.0 Å². The Bertz CT molecular complexity index is 438. The van der Waals surface area contributed by atoms with Crippen LogP contribution in [-0.2, 0) is 19.2 Å². The zero-order valence-electron chi connectivity index (χ0n) is 13.1. The highest BCUT2D eigenvalue weighted by atomic mass is 79.9. The normalized spacial score (nSPS) is 28.6. The van der Waals surface area contributed by atoms with Crippen LogP contribution >= 0.6 is 15.9 Å². The van der Waals surface area contributed by atoms with Crippen molar-refractivity contribution in [2.24, 2.45) is 17.0 Å². The third-order valence-corrected chi connectivity index (χ3v) is 5.15. The Morgan fingerprint density at radius 1 is 1.14 bits per heavy atom. The Kier molecular flexibility index (Phi) is 6.86. The molecule has 2 fully saturated rings. The third kappa shape index (κ3) is 4.54. The summed E-state index contributed by atoms with van der Waals surface area (Å²) < 4.78 is 4.86. The van der Waals surface area contributed by atoms with Gasteiger partial charge in [-0.3, -0.25) is 4.79 Å². The minimum Gasteiger partial charge on any atom is -0.461 e. The van der Waals surface area contributed by atoms with E-state index in [1.807, 2.05) is 0 Å². The van der Waals surface area contributed by atoms with Crippen molar-refractivity contribution in [2.75, 3.05) is 11.9 Å². The summed E-state index contributed by atoms with van der Waals surface area (Å²) in [5, 5.41) is 3.87. The number of nitrogens with zero attached hydrogens (tertiary/aromatic N) is 1. The average molecular weight is 374 g/mol. The average Bonchev–Trinajstić information content (AvgIpc) is 2.54. The first-order valence-electron chi connectivity index (χ1n) is 8.15. The van der Waals surface area contributed by atoms with Gasteiger partial charge in [0.2, 0.25) is 11.5 Å². The molecule has 0 bridgehead atoms. The molecule has 2 aliphatic rings. The molecule has 0 N–H and O–H groups in total. The minimum atomic E-state index is -0.710. The van der Waals surface area contributed by atoms with E-state index in [9.17, 15) is 9.59 Å². The Labute approximate surface area is 139 Å². The quantitative estimate of drug-likeness (QED) is 0.235. The molecule has 0 aromatic heterocycles. The summed E-state index contributed by atoms with van der Waals surface area (Å²) in [4.78, 5) is 29.1. The number of ketones is 1. The maximum Gasteiger partial charge on any atom is 0.364 e. The Hall–Kier alpha value is -0.910. The summed E-state index contributed by atoms with van der Waals surface area (Å²) in [6.45, 7) is 1.90. The number of carbonyl (C=O) groups is 2. The highest BCUT2D eigenvalue weighted by molar-refractivity contribution is 9.09. The predicted molar refractivity (Wildman–Crippen MR) is 87.0 cm³/mol. The molecule has 0 radical (unpaired) electrons. The van der Waals surface area contributed by atoms with Crippen molar-refractivity contribution in [2.45, 2.75) is 58.0 Å². The molecule has 0 saturated heterocycles. The van der Waals surface area contributed by atoms with Crippen molar-refractivity contribution < 1.29 is 19.2 Å². The van der Waals surface area contributed by atoms with Crippen LogP contribution in [0, 0.1) is 11.8 Å². The molecule has 2 saturated carbocycles. The molecule has 3 unspecified atom stereocenters. The summed E-state index contributed by atoms with van der Waals surface area (Å²) in [5.74, 6) is 0.412. The van der Waals surface area contributed by atoms with Gasteiger partial charge in [0.1, 0.15) is 6.10 Å². The molecule has 6 heteroatoms. The molecular formula is C16H24BrNO4. The van der Waals surface area contributed by atoms with Crippen LogP contribution in [0.15, 0.2) is 5.16 Å². The summed E-state index contributed by atoms with van der Waals surface area (Å²) in [6.07, 6.45) is 8.33. The molecule has 0 amide bonds. The van der Waals surface area contributed by atoms with Gasteiger partial charge in [-0.15, -0.1) is 0 Å². The fourth-order valence-electron chi connectivity index (χ4n) is 3.52. The third-order valence-electron chi connectivity index (χ3n) is 4.64. The molecule has 2 rings (SSSR count). The maximum absolute atomic E-state index is 11.8. The van der Waals surface area contributed by atoms with Crippen LogP contribution in [-0.4, -0.2) is 35.5 Å². The molecule has 0 aromatic rings. The molecule has 2 aliphatic carbocycles. The smallest absolute Gasteiger partial charge is 0.364 e. The summed E-state index contributed by atoms with van der Waals surface area (Å²) >= 11 is 3.05. The van der Waals surface area contributed by atoms with Crippen molar-refractivity contribution in [3.8, 4) is 0 Å². The van der Waals surface area contributed by atoms with E-state index in [1.54, 1.807) is 6.92 Å². The largest absolute Gasteiger partial charge is 0.461 e. The van der Waals surface area contributed by atoms with Crippen molar-refractivity contribution in [3.05, 3.63) is 0 Å². The fraction of sp³-hybridized carbons (Fsp3) is 0.812. The van der Waals surface area contributed by atoms with Crippen molar-refractivity contribution in [1.82, 2.24) is 0 Å². The van der Waals surface area contributed by atoms with Crippen LogP contribution in [0.1, 0.15) is 51.9 Å². The first kappa shape index (κ1) is 17.4. The van der Waals surface area contributed by atoms with Crippen LogP contribution < -0.4 is 0 Å². The van der Waals surface area contributed by atoms with Gasteiger partial charge in [0.25, 0.3) is 0 Å². The molecule has 0 heterocycles. The standard InChI is InChI=1S/C16H24BrNO4/c1-2-21-16(20)15(14(19)10-17)18-22-13-8-7-11-5-3-4-6-12(11)9-13/h11-13H,2-10H2,1H3/b18-15-. The second-order valence-electron chi connectivity index (χ2n) is 6.06. The van der Waals surface area contributed by atoms with Gasteiger partial charge in [-0.25, -0.2) is 4.79 Å². The van der Waals surface area contributed by atoms with Crippen LogP contribution in [0.5, 0.6) is 0 Å². The molecule has 0 spiro atoms. The topological polar surface area (TPSA) is 65.0 Å². The van der Waals surface area contributed by atoms with Crippen LogP contribution in [0.25, 0.3) is 0 Å². The zero-order valence-corrected chi connectivity index (χ0v) is 14.6. The maximum atomic E-state index is 11.8. The van der Waals surface area contributed by atoms with Gasteiger partial charge < -0.3 is 9.57 Å². The van der Waals surface area contributed by atoms with E-state index in [1.165, 1.54) is 25.7 Å². The van der Waals surface area contributed by atoms with E-state index in [2.05, 4.69) is 21.1 Å². The van der Waals surface area contributed by atoms with Crippen LogP contribution in [0.4, 0.5) is 0 Å². The van der Waals surface area contributed by atoms with Gasteiger partial charge in [-0.2, -0.15) is 0 Å². The van der Waals surface area contributed by atoms with E-state index < -0.39 is 11.8 Å². The fourth-order valence-corrected chi connectivity index (χ4v) is 3.78. The number of carbonyl (C=O) groups excluding carboxylic acids is 2. The lowest BCUT2D eigenvalue weighted by Gasteiger charge is -2.38. The number of alkyl halides is 1. The number of fused-ring (bicyclic) bond motifs is 1. The van der Waals surface area contributed by atoms with Gasteiger partial charge >= 0.3 is 5.97 Å². The Balaban J connectivity index is 1.95. The Morgan fingerprint density at radius 3 is 2.55 bits per heavy atom. The second-order valence-corrected chi connectivity index (χ2v) is 6.62. The van der Waals surface area contributed by atoms with Crippen molar-refractivity contribution in [3.63, 3.8) is 0 Å². The van der Waals surface area contributed by atoms with E-state index in [4.69, 9.17) is 9.57 Å². The number of Topliss-reactive ketones (excluding diaryl/α,β-unsaturated/α-hetero) is 1. The lowest BCUT2D eigenvalue weighted by Crippen LogP contribution is -2.32. The van der Waals surface area contributed by atoms with Crippen LogP contribution in [0.3, 0.4) is 0 Å². The SMILES string of the molecule is CCOC(=O)/C(=N\OC1CCC2CCCCC2C1)C(=O)CBr. The van der Waals surface area contributed by atoms with Gasteiger partial charge in [0, 0.05) is 0 Å². The minimum absolute atomic E-state index is 0.00639. The van der Waals surface area contributed by atoms with Crippen molar-refractivity contribution in [1.29, 1.82) is 0 Å². The highest BCUT2D eigenvalue weighted by Gasteiger charge is 2.33. The molecule has 0 aromatic carbocycles. The van der Waals surface area contributed by atoms with Crippen LogP contribution in [0.2, 0.25) is 0 Å². The number of oxime groups is 1. The van der Waals surface area contributed by atoms with E-state index >= 15 is 0 Å². The number of esters is 1. The molecule has 0 aliphatic heterocycles. The lowest BCUT2D eigenvalue weighted by molar-refractivity contribution is -0.136. The Morgan fingerprint density at radius 2 is 1.86 bits per heavy atom. The zero-order chi connectivity index (χ0) is 15.9. The number of rotatable bonds is 6. The van der Waals surface area contributed by atoms with E-state index in [0.717, 1.165) is 25.2 Å². The number of halogens is 1. The van der Waals surface area contributed by atoms with Gasteiger partial charge in [-0.1, -0.05) is 46.8 Å². The van der Waals surface area contributed by atoms with Crippen molar-refractivity contribution >= 4 is 33.4 Å². The first-order valence-corrected chi connectivity index (χ1v) is 9.28. The molecule has 5 nitrogen and oxygen atoms in total. The number of hydrogen-bond acceptors (Lipinski definition) is 5. The molecule has 124 valence electrons. The summed E-state index contributed by atoms with van der Waals surface area (Å²) in [5.41, 5.74) is -0.246. The first-order chi connectivity index (χ1) is 10.7. The lowest BCUT2D eigenvalue weighted by atomic mass is 9.70.